The molecule has 0 spiro atoms. The summed E-state index contributed by atoms with van der Waals surface area (Å²) in [6.45, 7) is 2.03. The second kappa shape index (κ2) is 6.92. The molecule has 4 rings (SSSR count). The number of anilines is 1. The summed E-state index contributed by atoms with van der Waals surface area (Å²) in [5.74, 6) is 0. The van der Waals surface area contributed by atoms with Gasteiger partial charge in [0, 0.05) is 46.2 Å². The Morgan fingerprint density at radius 3 is 2.67 bits per heavy atom. The third-order valence-corrected chi connectivity index (χ3v) is 4.58. The summed E-state index contributed by atoms with van der Waals surface area (Å²) in [4.78, 5) is 18.7. The minimum Gasteiger partial charge on any atom is -0.373 e. The topological polar surface area (TPSA) is 83.8 Å². The van der Waals surface area contributed by atoms with E-state index in [0.717, 1.165) is 27.9 Å². The maximum Gasteiger partial charge on any atom is 0.271 e. The van der Waals surface area contributed by atoms with Gasteiger partial charge in [-0.2, -0.15) is 0 Å². The Kier molecular flexibility index (Phi) is 4.30. The average Bonchev–Trinajstić information content (AvgIpc) is 3.02. The predicted octanol–water partition coefficient (Wildman–Crippen LogP) is 4.98. The van der Waals surface area contributed by atoms with Gasteiger partial charge in [-0.1, -0.05) is 30.3 Å². The molecule has 4 aromatic rings. The lowest BCUT2D eigenvalue weighted by molar-refractivity contribution is -0.384. The van der Waals surface area contributed by atoms with E-state index in [4.69, 9.17) is 0 Å². The first-order valence-corrected chi connectivity index (χ1v) is 8.62. The molecule has 0 bridgehead atoms. The monoisotopic (exact) mass is 358 g/mol. The van der Waals surface area contributed by atoms with Crippen molar-refractivity contribution in [3.8, 4) is 0 Å². The van der Waals surface area contributed by atoms with Crippen molar-refractivity contribution in [2.24, 2.45) is 0 Å². The van der Waals surface area contributed by atoms with Crippen molar-refractivity contribution in [3.05, 3.63) is 100.0 Å². The predicted molar refractivity (Wildman–Crippen MR) is 106 cm³/mol. The first-order chi connectivity index (χ1) is 13.1. The first kappa shape index (κ1) is 16.8. The van der Waals surface area contributed by atoms with Crippen LogP contribution in [-0.4, -0.2) is 14.9 Å². The van der Waals surface area contributed by atoms with Gasteiger partial charge in [-0.3, -0.25) is 15.1 Å². The maximum atomic E-state index is 11.1. The molecule has 1 atom stereocenters. The highest BCUT2D eigenvalue weighted by Crippen LogP contribution is 2.34. The van der Waals surface area contributed by atoms with Crippen LogP contribution >= 0.6 is 0 Å². The fourth-order valence-corrected chi connectivity index (χ4v) is 3.39. The van der Waals surface area contributed by atoms with Gasteiger partial charge in [0.15, 0.2) is 0 Å². The zero-order valence-electron chi connectivity index (χ0n) is 14.7. The smallest absolute Gasteiger partial charge is 0.271 e. The lowest BCUT2D eigenvalue weighted by atomic mass is 9.99. The number of aromatic nitrogens is 2. The third-order valence-electron chi connectivity index (χ3n) is 4.58. The maximum absolute atomic E-state index is 11.1. The van der Waals surface area contributed by atoms with E-state index in [1.807, 2.05) is 49.4 Å². The molecule has 134 valence electrons. The van der Waals surface area contributed by atoms with E-state index in [1.165, 1.54) is 6.07 Å². The highest BCUT2D eigenvalue weighted by molar-refractivity contribution is 5.86. The number of aromatic amines is 1. The number of hydrogen-bond donors (Lipinski definition) is 2. The number of nitro benzene ring substituents is 1. The Bertz CT molecular complexity index is 1110. The molecule has 0 aliphatic heterocycles. The Balaban J connectivity index is 1.84. The lowest BCUT2D eigenvalue weighted by Gasteiger charge is -2.20. The highest BCUT2D eigenvalue weighted by Gasteiger charge is 2.22. The van der Waals surface area contributed by atoms with Crippen LogP contribution in [0.15, 0.2) is 72.9 Å². The summed E-state index contributed by atoms with van der Waals surface area (Å²) in [5.41, 5.74) is 4.73. The Morgan fingerprint density at radius 1 is 1.07 bits per heavy atom. The number of benzene rings is 2. The normalized spacial score (nSPS) is 12.0. The number of fused-ring (bicyclic) bond motifs is 1. The summed E-state index contributed by atoms with van der Waals surface area (Å²) in [6.07, 6.45) is 1.75. The average molecular weight is 358 g/mol. The molecule has 6 heteroatoms. The summed E-state index contributed by atoms with van der Waals surface area (Å²) >= 11 is 0. The van der Waals surface area contributed by atoms with Gasteiger partial charge in [-0.05, 0) is 31.2 Å². The molecule has 0 aliphatic carbocycles. The number of para-hydroxylation sites is 1. The molecule has 2 aromatic carbocycles. The minimum absolute atomic E-state index is 0.0513. The van der Waals surface area contributed by atoms with E-state index < -0.39 is 4.92 Å². The standard InChI is InChI=1S/C21H18N4O2/c1-14-20(17-9-2-3-10-18(17)23-14)21(19-11-4-5-12-22-19)24-15-7-6-8-16(13-15)25(26)27/h2-13,21,23-24H,1H3. The first-order valence-electron chi connectivity index (χ1n) is 8.62. The molecular weight excluding hydrogens is 340 g/mol. The van der Waals surface area contributed by atoms with Crippen LogP contribution in [0.25, 0.3) is 10.9 Å². The molecule has 2 aromatic heterocycles. The molecule has 2 heterocycles. The summed E-state index contributed by atoms with van der Waals surface area (Å²) in [6, 6.07) is 20.1. The molecule has 27 heavy (non-hydrogen) atoms. The van der Waals surface area contributed by atoms with Gasteiger partial charge in [-0.25, -0.2) is 0 Å². The van der Waals surface area contributed by atoms with Crippen LogP contribution < -0.4 is 5.32 Å². The number of aryl methyl sites for hydroxylation is 1. The molecular formula is C21H18N4O2. The van der Waals surface area contributed by atoms with E-state index >= 15 is 0 Å². The van der Waals surface area contributed by atoms with Crippen molar-refractivity contribution >= 4 is 22.3 Å². The van der Waals surface area contributed by atoms with Gasteiger partial charge in [0.25, 0.3) is 5.69 Å². The number of pyridine rings is 1. The van der Waals surface area contributed by atoms with Crippen LogP contribution in [-0.2, 0) is 0 Å². The fraction of sp³-hybridized carbons (Fsp3) is 0.0952. The molecule has 0 saturated heterocycles. The Hall–Kier alpha value is -3.67. The van der Waals surface area contributed by atoms with Gasteiger partial charge in [0.05, 0.1) is 16.7 Å². The SMILES string of the molecule is Cc1[nH]c2ccccc2c1C(Nc1cccc([N+](=O)[O-])c1)c1ccccn1. The van der Waals surface area contributed by atoms with Crippen molar-refractivity contribution in [2.45, 2.75) is 13.0 Å². The van der Waals surface area contributed by atoms with E-state index in [0.29, 0.717) is 5.69 Å². The number of nitrogens with one attached hydrogen (secondary N) is 2. The molecule has 1 unspecified atom stereocenters. The van der Waals surface area contributed by atoms with E-state index in [9.17, 15) is 10.1 Å². The summed E-state index contributed by atoms with van der Waals surface area (Å²) in [5, 5.41) is 15.7. The molecule has 0 radical (unpaired) electrons. The zero-order valence-corrected chi connectivity index (χ0v) is 14.7. The van der Waals surface area contributed by atoms with Gasteiger partial charge in [0.2, 0.25) is 0 Å². The van der Waals surface area contributed by atoms with Crippen molar-refractivity contribution in [1.29, 1.82) is 0 Å². The van der Waals surface area contributed by atoms with Crippen molar-refractivity contribution < 1.29 is 4.92 Å². The minimum atomic E-state index is -0.391. The van der Waals surface area contributed by atoms with Gasteiger partial charge < -0.3 is 10.3 Å². The van der Waals surface area contributed by atoms with Crippen LogP contribution in [0.1, 0.15) is 23.0 Å². The van der Waals surface area contributed by atoms with Crippen LogP contribution in [0.2, 0.25) is 0 Å². The zero-order chi connectivity index (χ0) is 18.8. The molecule has 0 saturated carbocycles. The van der Waals surface area contributed by atoms with Gasteiger partial charge in [0.1, 0.15) is 0 Å². The van der Waals surface area contributed by atoms with Gasteiger partial charge in [-0.15, -0.1) is 0 Å². The fourth-order valence-electron chi connectivity index (χ4n) is 3.39. The van der Waals surface area contributed by atoms with E-state index in [2.05, 4.69) is 21.4 Å². The molecule has 0 fully saturated rings. The lowest BCUT2D eigenvalue weighted by Crippen LogP contribution is -2.14. The van der Waals surface area contributed by atoms with Crippen molar-refractivity contribution in [3.63, 3.8) is 0 Å². The van der Waals surface area contributed by atoms with Crippen molar-refractivity contribution in [1.82, 2.24) is 9.97 Å². The second-order valence-corrected chi connectivity index (χ2v) is 6.35. The largest absolute Gasteiger partial charge is 0.373 e. The number of H-pyrrole nitrogens is 1. The molecule has 2 N–H and O–H groups in total. The quantitative estimate of drug-likeness (QED) is 0.389. The summed E-state index contributed by atoms with van der Waals surface area (Å²) < 4.78 is 0. The molecule has 6 nitrogen and oxygen atoms in total. The Labute approximate surface area is 156 Å². The number of rotatable bonds is 5. The van der Waals surface area contributed by atoms with E-state index in [1.54, 1.807) is 18.3 Å². The highest BCUT2D eigenvalue weighted by atomic mass is 16.6. The number of non-ortho nitro benzene ring substituents is 1. The van der Waals surface area contributed by atoms with Gasteiger partial charge >= 0.3 is 0 Å². The molecule has 0 aliphatic rings. The third kappa shape index (κ3) is 3.25. The van der Waals surface area contributed by atoms with Crippen molar-refractivity contribution in [2.75, 3.05) is 5.32 Å². The van der Waals surface area contributed by atoms with E-state index in [-0.39, 0.29) is 11.7 Å². The molecule has 0 amide bonds. The van der Waals surface area contributed by atoms with Crippen LogP contribution in [0.5, 0.6) is 0 Å². The van der Waals surface area contributed by atoms with Crippen LogP contribution in [0.3, 0.4) is 0 Å². The number of nitro groups is 1. The Morgan fingerprint density at radius 2 is 1.89 bits per heavy atom. The second-order valence-electron chi connectivity index (χ2n) is 6.35. The van der Waals surface area contributed by atoms with Crippen LogP contribution in [0.4, 0.5) is 11.4 Å². The summed E-state index contributed by atoms with van der Waals surface area (Å²) in [7, 11) is 0. The number of nitrogens with zero attached hydrogens (tertiary/aromatic N) is 2. The van der Waals surface area contributed by atoms with Crippen LogP contribution in [0, 0.1) is 17.0 Å². The number of hydrogen-bond acceptors (Lipinski definition) is 4.